The summed E-state index contributed by atoms with van der Waals surface area (Å²) >= 11 is 0. The molecule has 2 N–H and O–H groups in total. The van der Waals surface area contributed by atoms with Crippen LogP contribution >= 0.6 is 0 Å². The smallest absolute Gasteiger partial charge is 0.0462 e. The first-order valence-corrected chi connectivity index (χ1v) is 9.58. The number of rotatable bonds is 2. The Bertz CT molecular complexity index is 1140. The van der Waals surface area contributed by atoms with Gasteiger partial charge in [0.25, 0.3) is 0 Å². The van der Waals surface area contributed by atoms with E-state index in [1.807, 2.05) is 0 Å². The van der Waals surface area contributed by atoms with Crippen molar-refractivity contribution in [3.8, 4) is 0 Å². The van der Waals surface area contributed by atoms with Gasteiger partial charge in [-0.15, -0.1) is 0 Å². The Kier molecular flexibility index (Phi) is 3.53. The Balaban J connectivity index is 1.66. The van der Waals surface area contributed by atoms with E-state index in [2.05, 4.69) is 78.4 Å². The molecule has 2 aromatic carbocycles. The zero-order valence-corrected chi connectivity index (χ0v) is 15.4. The lowest BCUT2D eigenvalue weighted by atomic mass is 9.82. The Labute approximate surface area is 153 Å². The van der Waals surface area contributed by atoms with E-state index in [0.717, 1.165) is 0 Å². The number of hydrogen-bond acceptors (Lipinski definition) is 0. The third-order valence-corrected chi connectivity index (χ3v) is 5.89. The first kappa shape index (κ1) is 15.5. The summed E-state index contributed by atoms with van der Waals surface area (Å²) in [4.78, 5) is 7.15. The van der Waals surface area contributed by atoms with Gasteiger partial charge in [0.15, 0.2) is 0 Å². The van der Waals surface area contributed by atoms with Crippen LogP contribution in [-0.4, -0.2) is 9.97 Å². The maximum atomic E-state index is 3.58. The molecular weight excluding hydrogens is 316 g/mol. The SMILES string of the molecule is Cc1[nH]c2ccccc2c1C1=C[C@H](c2c(C)[nH]c3ccccc23)CCC1. The van der Waals surface area contributed by atoms with Crippen molar-refractivity contribution in [2.45, 2.75) is 39.0 Å². The predicted molar refractivity (Wildman–Crippen MR) is 111 cm³/mol. The second-order valence-corrected chi connectivity index (χ2v) is 7.57. The summed E-state index contributed by atoms with van der Waals surface area (Å²) in [5, 5.41) is 2.73. The highest BCUT2D eigenvalue weighted by atomic mass is 14.7. The first-order chi connectivity index (χ1) is 12.7. The molecule has 2 aromatic heterocycles. The summed E-state index contributed by atoms with van der Waals surface area (Å²) in [5.41, 5.74) is 9.49. The molecule has 0 bridgehead atoms. The molecule has 0 aliphatic heterocycles. The molecule has 2 nitrogen and oxygen atoms in total. The van der Waals surface area contributed by atoms with Crippen LogP contribution in [0, 0.1) is 13.8 Å². The third-order valence-electron chi connectivity index (χ3n) is 5.89. The van der Waals surface area contributed by atoms with Crippen molar-refractivity contribution < 1.29 is 0 Å². The van der Waals surface area contributed by atoms with E-state index in [9.17, 15) is 0 Å². The topological polar surface area (TPSA) is 31.6 Å². The summed E-state index contributed by atoms with van der Waals surface area (Å²) in [5.74, 6) is 0.489. The Morgan fingerprint density at radius 1 is 0.808 bits per heavy atom. The molecule has 0 amide bonds. The fourth-order valence-corrected chi connectivity index (χ4v) is 4.82. The van der Waals surface area contributed by atoms with Crippen LogP contribution in [0.5, 0.6) is 0 Å². The fourth-order valence-electron chi connectivity index (χ4n) is 4.82. The molecule has 1 aliphatic carbocycles. The zero-order valence-electron chi connectivity index (χ0n) is 15.4. The van der Waals surface area contributed by atoms with Gasteiger partial charge in [0.2, 0.25) is 0 Å². The summed E-state index contributed by atoms with van der Waals surface area (Å²) in [6.45, 7) is 4.42. The lowest BCUT2D eigenvalue weighted by molar-refractivity contribution is 0.664. The van der Waals surface area contributed by atoms with Crippen molar-refractivity contribution in [3.63, 3.8) is 0 Å². The van der Waals surface area contributed by atoms with Gasteiger partial charge in [-0.25, -0.2) is 0 Å². The molecule has 130 valence electrons. The van der Waals surface area contributed by atoms with Crippen LogP contribution in [0.1, 0.15) is 47.7 Å². The van der Waals surface area contributed by atoms with Crippen molar-refractivity contribution in [2.24, 2.45) is 0 Å². The van der Waals surface area contributed by atoms with E-state index in [1.54, 1.807) is 0 Å². The van der Waals surface area contributed by atoms with E-state index in [-0.39, 0.29) is 0 Å². The minimum Gasteiger partial charge on any atom is -0.358 e. The lowest BCUT2D eigenvalue weighted by Crippen LogP contribution is -2.04. The molecule has 0 saturated heterocycles. The zero-order chi connectivity index (χ0) is 17.7. The normalized spacial score (nSPS) is 17.8. The fraction of sp³-hybridized carbons (Fsp3) is 0.250. The molecule has 0 saturated carbocycles. The molecule has 1 aliphatic rings. The Morgan fingerprint density at radius 2 is 1.46 bits per heavy atom. The third kappa shape index (κ3) is 2.33. The predicted octanol–water partition coefficient (Wildman–Crippen LogP) is 6.62. The molecule has 5 rings (SSSR count). The average Bonchev–Trinajstić information content (AvgIpc) is 3.17. The van der Waals surface area contributed by atoms with Crippen LogP contribution in [0.15, 0.2) is 54.6 Å². The largest absolute Gasteiger partial charge is 0.358 e. The van der Waals surface area contributed by atoms with Gasteiger partial charge in [0.05, 0.1) is 0 Å². The lowest BCUT2D eigenvalue weighted by Gasteiger charge is -2.22. The highest BCUT2D eigenvalue weighted by molar-refractivity contribution is 5.95. The number of H-pyrrole nitrogens is 2. The molecule has 2 heteroatoms. The molecule has 0 fully saturated rings. The van der Waals surface area contributed by atoms with E-state index < -0.39 is 0 Å². The van der Waals surface area contributed by atoms with E-state index in [0.29, 0.717) is 5.92 Å². The molecule has 0 spiro atoms. The van der Waals surface area contributed by atoms with Crippen LogP contribution in [0.3, 0.4) is 0 Å². The first-order valence-electron chi connectivity index (χ1n) is 9.58. The molecule has 2 heterocycles. The van der Waals surface area contributed by atoms with Crippen LogP contribution in [-0.2, 0) is 0 Å². The van der Waals surface area contributed by atoms with Gasteiger partial charge in [-0.05, 0) is 56.4 Å². The monoisotopic (exact) mass is 340 g/mol. The van der Waals surface area contributed by atoms with Gasteiger partial charge in [-0.1, -0.05) is 42.5 Å². The van der Waals surface area contributed by atoms with Gasteiger partial charge in [-0.3, -0.25) is 0 Å². The maximum absolute atomic E-state index is 3.58. The number of allylic oxidation sites excluding steroid dienone is 2. The Morgan fingerprint density at radius 3 is 2.27 bits per heavy atom. The quantitative estimate of drug-likeness (QED) is 0.411. The number of nitrogens with one attached hydrogen (secondary N) is 2. The molecular formula is C24H24N2. The summed E-state index contributed by atoms with van der Waals surface area (Å²) in [6, 6.07) is 17.4. The number of aromatic nitrogens is 2. The van der Waals surface area contributed by atoms with Gasteiger partial charge in [0.1, 0.15) is 0 Å². The van der Waals surface area contributed by atoms with Gasteiger partial charge < -0.3 is 9.97 Å². The molecule has 0 unspecified atom stereocenters. The number of aromatic amines is 2. The standard InChI is InChI=1S/C24H24N2/c1-15-23(19-10-3-5-12-21(19)25-15)17-8-7-9-18(14-17)24-16(2)26-22-13-6-4-11-20(22)24/h3-6,10-14,17,25-26H,7-9H2,1-2H3/t17-/m1/s1. The number of benzene rings is 2. The highest BCUT2D eigenvalue weighted by Crippen LogP contribution is 2.41. The minimum absolute atomic E-state index is 0.489. The molecule has 26 heavy (non-hydrogen) atoms. The Hall–Kier alpha value is -2.74. The van der Waals surface area contributed by atoms with Gasteiger partial charge >= 0.3 is 0 Å². The van der Waals surface area contributed by atoms with Crippen LogP contribution in [0.25, 0.3) is 27.4 Å². The van der Waals surface area contributed by atoms with Gasteiger partial charge in [0, 0.05) is 44.7 Å². The van der Waals surface area contributed by atoms with Crippen LogP contribution in [0.4, 0.5) is 0 Å². The average molecular weight is 340 g/mol. The summed E-state index contributed by atoms with van der Waals surface area (Å²) in [7, 11) is 0. The minimum atomic E-state index is 0.489. The van der Waals surface area contributed by atoms with Gasteiger partial charge in [-0.2, -0.15) is 0 Å². The van der Waals surface area contributed by atoms with Crippen molar-refractivity contribution in [2.75, 3.05) is 0 Å². The number of para-hydroxylation sites is 2. The number of hydrogen-bond donors (Lipinski definition) is 2. The summed E-state index contributed by atoms with van der Waals surface area (Å²) in [6.07, 6.45) is 6.18. The summed E-state index contributed by atoms with van der Waals surface area (Å²) < 4.78 is 0. The van der Waals surface area contributed by atoms with Crippen LogP contribution < -0.4 is 0 Å². The van der Waals surface area contributed by atoms with Crippen molar-refractivity contribution in [3.05, 3.63) is 77.1 Å². The second-order valence-electron chi connectivity index (χ2n) is 7.57. The van der Waals surface area contributed by atoms with E-state index in [1.165, 1.54) is 69.2 Å². The molecule has 4 aromatic rings. The highest BCUT2D eigenvalue weighted by Gasteiger charge is 2.23. The van der Waals surface area contributed by atoms with Crippen molar-refractivity contribution >= 4 is 27.4 Å². The van der Waals surface area contributed by atoms with Crippen LogP contribution in [0.2, 0.25) is 0 Å². The van der Waals surface area contributed by atoms with Crippen molar-refractivity contribution in [1.82, 2.24) is 9.97 Å². The molecule has 1 atom stereocenters. The van der Waals surface area contributed by atoms with Crippen molar-refractivity contribution in [1.29, 1.82) is 0 Å². The maximum Gasteiger partial charge on any atom is 0.0462 e. The molecule has 0 radical (unpaired) electrons. The second kappa shape index (κ2) is 5.91. The van der Waals surface area contributed by atoms with E-state index >= 15 is 0 Å². The number of fused-ring (bicyclic) bond motifs is 2. The number of aryl methyl sites for hydroxylation is 2. The van der Waals surface area contributed by atoms with E-state index in [4.69, 9.17) is 0 Å².